The third-order valence-corrected chi connectivity index (χ3v) is 2.67. The number of likely N-dealkylation sites (N-methyl/N-ethyl adjacent to an activating group) is 2. The lowest BCUT2D eigenvalue weighted by Crippen LogP contribution is -2.42. The van der Waals surface area contributed by atoms with Crippen LogP contribution >= 0.6 is 0 Å². The molecule has 1 aliphatic rings. The molecule has 2 heteroatoms. The fraction of sp³-hybridized carbons (Fsp3) is 0.600. The van der Waals surface area contributed by atoms with E-state index in [4.69, 9.17) is 0 Å². The Kier molecular flexibility index (Phi) is 9.78. The van der Waals surface area contributed by atoms with Crippen LogP contribution in [-0.4, -0.2) is 50.1 Å². The van der Waals surface area contributed by atoms with Crippen LogP contribution in [0.4, 0.5) is 0 Å². The first-order valence-electron chi connectivity index (χ1n) is 6.57. The maximum Gasteiger partial charge on any atom is 0.0107 e. The smallest absolute Gasteiger partial charge is 0.0107 e. The van der Waals surface area contributed by atoms with Crippen LogP contribution in [0.25, 0.3) is 0 Å². The van der Waals surface area contributed by atoms with Crippen molar-refractivity contribution < 1.29 is 0 Å². The van der Waals surface area contributed by atoms with Gasteiger partial charge >= 0.3 is 0 Å². The van der Waals surface area contributed by atoms with E-state index in [0.29, 0.717) is 0 Å². The van der Waals surface area contributed by atoms with Crippen molar-refractivity contribution in [3.05, 3.63) is 35.9 Å². The van der Waals surface area contributed by atoms with Crippen LogP contribution in [0.3, 0.4) is 0 Å². The maximum absolute atomic E-state index is 2.36. The van der Waals surface area contributed by atoms with Crippen LogP contribution in [0.5, 0.6) is 0 Å². The van der Waals surface area contributed by atoms with Crippen molar-refractivity contribution in [1.29, 1.82) is 0 Å². The van der Waals surface area contributed by atoms with Gasteiger partial charge in [-0.2, -0.15) is 0 Å². The quantitative estimate of drug-likeness (QED) is 0.683. The van der Waals surface area contributed by atoms with Crippen LogP contribution in [0.15, 0.2) is 30.3 Å². The molecule has 0 amide bonds. The highest BCUT2D eigenvalue weighted by Gasteiger charge is 2.07. The van der Waals surface area contributed by atoms with Gasteiger partial charge < -0.3 is 9.80 Å². The lowest BCUT2D eigenvalue weighted by molar-refractivity contribution is 0.181. The topological polar surface area (TPSA) is 6.48 Å². The van der Waals surface area contributed by atoms with Crippen molar-refractivity contribution in [2.45, 2.75) is 20.8 Å². The highest BCUT2D eigenvalue weighted by molar-refractivity contribution is 5.11. The molecule has 0 aliphatic carbocycles. The molecule has 2 nitrogen and oxygen atoms in total. The minimum absolute atomic E-state index is 1.23. The summed E-state index contributed by atoms with van der Waals surface area (Å²) >= 11 is 0. The molecule has 2 rings (SSSR count). The van der Waals surface area contributed by atoms with Gasteiger partial charge in [0.1, 0.15) is 0 Å². The van der Waals surface area contributed by atoms with E-state index in [0.717, 1.165) is 0 Å². The zero-order valence-corrected chi connectivity index (χ0v) is 12.1. The zero-order chi connectivity index (χ0) is 13.1. The fourth-order valence-corrected chi connectivity index (χ4v) is 1.44. The average Bonchev–Trinajstić information content (AvgIpc) is 2.37. The third kappa shape index (κ3) is 8.90. The van der Waals surface area contributed by atoms with Gasteiger partial charge in [-0.15, -0.1) is 0 Å². The van der Waals surface area contributed by atoms with Crippen molar-refractivity contribution in [1.82, 2.24) is 9.80 Å². The highest BCUT2D eigenvalue weighted by Crippen LogP contribution is 1.93. The Hall–Kier alpha value is -0.860. The van der Waals surface area contributed by atoms with Gasteiger partial charge in [-0.1, -0.05) is 49.7 Å². The van der Waals surface area contributed by atoms with E-state index in [1.54, 1.807) is 0 Å². The molecule has 1 heterocycles. The zero-order valence-electron chi connectivity index (χ0n) is 12.1. The van der Waals surface area contributed by atoms with Crippen molar-refractivity contribution in [3.63, 3.8) is 0 Å². The summed E-state index contributed by atoms with van der Waals surface area (Å²) in [7, 11) is 4.35. The molecule has 98 valence electrons. The summed E-state index contributed by atoms with van der Waals surface area (Å²) in [5, 5.41) is 0. The number of benzene rings is 1. The van der Waals surface area contributed by atoms with E-state index in [9.17, 15) is 0 Å². The average molecular weight is 236 g/mol. The lowest BCUT2D eigenvalue weighted by Gasteiger charge is -2.28. The second kappa shape index (κ2) is 10.3. The van der Waals surface area contributed by atoms with Crippen molar-refractivity contribution in [2.24, 2.45) is 0 Å². The van der Waals surface area contributed by atoms with Crippen LogP contribution in [0, 0.1) is 6.92 Å². The molecule has 0 saturated carbocycles. The van der Waals surface area contributed by atoms with Crippen molar-refractivity contribution in [2.75, 3.05) is 40.3 Å². The molecule has 1 aliphatic heterocycles. The maximum atomic E-state index is 2.36. The second-order valence-electron chi connectivity index (χ2n) is 4.26. The van der Waals surface area contributed by atoms with E-state index in [-0.39, 0.29) is 0 Å². The van der Waals surface area contributed by atoms with Gasteiger partial charge in [0, 0.05) is 26.2 Å². The number of nitrogens with zero attached hydrogens (tertiary/aromatic N) is 2. The molecule has 0 radical (unpaired) electrons. The molecule has 0 spiro atoms. The monoisotopic (exact) mass is 236 g/mol. The molecule has 0 N–H and O–H groups in total. The number of hydrogen-bond acceptors (Lipinski definition) is 2. The first-order chi connectivity index (χ1) is 8.18. The van der Waals surface area contributed by atoms with Crippen LogP contribution in [0.1, 0.15) is 19.4 Å². The Balaban J connectivity index is 0.000000265. The fourth-order valence-electron chi connectivity index (χ4n) is 1.44. The standard InChI is InChI=1S/C7H8.C6H14N2.C2H6/c1-7-5-3-2-4-6-7;1-7-3-5-8(2)6-4-7;1-2/h2-6H,1H3;3-6H2,1-2H3;1-2H3. The SMILES string of the molecule is CC.CN1CCN(C)CC1.Cc1ccccc1. The summed E-state index contributed by atoms with van der Waals surface area (Å²) in [4.78, 5) is 4.72. The number of piperazine rings is 1. The summed E-state index contributed by atoms with van der Waals surface area (Å²) < 4.78 is 0. The minimum atomic E-state index is 1.23. The van der Waals surface area contributed by atoms with Gasteiger partial charge in [0.2, 0.25) is 0 Å². The Labute approximate surface area is 107 Å². The first-order valence-corrected chi connectivity index (χ1v) is 6.57. The highest BCUT2D eigenvalue weighted by atomic mass is 15.2. The van der Waals surface area contributed by atoms with Crippen LogP contribution in [-0.2, 0) is 0 Å². The Bertz CT molecular complexity index is 241. The van der Waals surface area contributed by atoms with Gasteiger partial charge in [0.05, 0.1) is 0 Å². The first kappa shape index (κ1) is 16.1. The van der Waals surface area contributed by atoms with E-state index < -0.39 is 0 Å². The summed E-state index contributed by atoms with van der Waals surface area (Å²) in [5.74, 6) is 0. The van der Waals surface area contributed by atoms with Crippen molar-refractivity contribution >= 4 is 0 Å². The van der Waals surface area contributed by atoms with E-state index in [2.05, 4.69) is 43.0 Å². The van der Waals surface area contributed by atoms with Crippen molar-refractivity contribution in [3.8, 4) is 0 Å². The lowest BCUT2D eigenvalue weighted by atomic mass is 10.2. The molecule has 0 atom stereocenters. The third-order valence-electron chi connectivity index (χ3n) is 2.67. The summed E-state index contributed by atoms with van der Waals surface area (Å²) in [6, 6.07) is 10.3. The molecule has 0 aromatic heterocycles. The van der Waals surface area contributed by atoms with Gasteiger partial charge in [-0.05, 0) is 21.0 Å². The predicted molar refractivity (Wildman–Crippen MR) is 77.5 cm³/mol. The van der Waals surface area contributed by atoms with Gasteiger partial charge in [0.15, 0.2) is 0 Å². The summed E-state index contributed by atoms with van der Waals surface area (Å²) in [5.41, 5.74) is 1.32. The molecule has 0 bridgehead atoms. The molecule has 1 aromatic carbocycles. The van der Waals surface area contributed by atoms with Gasteiger partial charge in [0.25, 0.3) is 0 Å². The van der Waals surface area contributed by atoms with E-state index >= 15 is 0 Å². The molecule has 1 aromatic rings. The predicted octanol–water partition coefficient (Wildman–Crippen LogP) is 2.88. The van der Waals surface area contributed by atoms with E-state index in [1.807, 2.05) is 32.0 Å². The Morgan fingerprint density at radius 2 is 1.12 bits per heavy atom. The summed E-state index contributed by atoms with van der Waals surface area (Å²) in [6.45, 7) is 11.0. The molecular weight excluding hydrogens is 208 g/mol. The van der Waals surface area contributed by atoms with Crippen LogP contribution in [0.2, 0.25) is 0 Å². The second-order valence-corrected chi connectivity index (χ2v) is 4.26. The molecule has 1 saturated heterocycles. The van der Waals surface area contributed by atoms with E-state index in [1.165, 1.54) is 31.7 Å². The summed E-state index contributed by atoms with van der Waals surface area (Å²) in [6.07, 6.45) is 0. The number of rotatable bonds is 0. The van der Waals surface area contributed by atoms with Crippen LogP contribution < -0.4 is 0 Å². The Morgan fingerprint density at radius 1 is 0.765 bits per heavy atom. The largest absolute Gasteiger partial charge is 0.304 e. The number of aryl methyl sites for hydroxylation is 1. The van der Waals surface area contributed by atoms with Gasteiger partial charge in [-0.3, -0.25) is 0 Å². The number of hydrogen-bond donors (Lipinski definition) is 0. The molecule has 1 fully saturated rings. The Morgan fingerprint density at radius 3 is 1.35 bits per heavy atom. The molecular formula is C15H28N2. The minimum Gasteiger partial charge on any atom is -0.304 e. The van der Waals surface area contributed by atoms with Gasteiger partial charge in [-0.25, -0.2) is 0 Å². The molecule has 17 heavy (non-hydrogen) atoms. The normalized spacial score (nSPS) is 16.3. The molecule has 0 unspecified atom stereocenters.